The van der Waals surface area contributed by atoms with Crippen LogP contribution in [-0.2, 0) is 16.6 Å². The Hall–Kier alpha value is -3.17. The summed E-state index contributed by atoms with van der Waals surface area (Å²) in [5.74, 6) is -0.775. The molecule has 0 fully saturated rings. The van der Waals surface area contributed by atoms with Crippen LogP contribution in [0.25, 0.3) is 21.3 Å². The molecule has 0 aliphatic carbocycles. The Morgan fingerprint density at radius 2 is 2.04 bits per heavy atom. The number of nitrogens with one attached hydrogen (secondary N) is 1. The van der Waals surface area contributed by atoms with Crippen LogP contribution in [0, 0.1) is 0 Å². The monoisotopic (exact) mass is 415 g/mol. The zero-order valence-electron chi connectivity index (χ0n) is 14.6. The van der Waals surface area contributed by atoms with E-state index in [1.807, 2.05) is 23.7 Å². The smallest absolute Gasteiger partial charge is 0.338 e. The Labute approximate surface area is 167 Å². The first kappa shape index (κ1) is 18.2. The van der Waals surface area contributed by atoms with E-state index in [4.69, 9.17) is 22.1 Å². The van der Waals surface area contributed by atoms with Gasteiger partial charge in [0.2, 0.25) is 5.95 Å². The number of imidazole rings is 1. The van der Waals surface area contributed by atoms with Crippen molar-refractivity contribution < 1.29 is 14.3 Å². The second kappa shape index (κ2) is 7.10. The number of ether oxygens (including phenoxy) is 1. The van der Waals surface area contributed by atoms with E-state index in [9.17, 15) is 9.59 Å². The molecule has 0 aliphatic rings. The van der Waals surface area contributed by atoms with Gasteiger partial charge in [-0.25, -0.2) is 14.8 Å². The third-order valence-corrected chi connectivity index (χ3v) is 5.20. The summed E-state index contributed by atoms with van der Waals surface area (Å²) in [6.45, 7) is -0.465. The molecule has 3 N–H and O–H groups in total. The Kier molecular flexibility index (Phi) is 4.62. The molecular weight excluding hydrogens is 402 g/mol. The lowest BCUT2D eigenvalue weighted by Crippen LogP contribution is -2.20. The molecule has 2 heterocycles. The number of nitrogens with two attached hydrogens (primary N) is 1. The van der Waals surface area contributed by atoms with E-state index in [0.29, 0.717) is 21.6 Å². The van der Waals surface area contributed by atoms with E-state index >= 15 is 0 Å². The summed E-state index contributed by atoms with van der Waals surface area (Å²) < 4.78 is 7.65. The van der Waals surface area contributed by atoms with Gasteiger partial charge in [0.05, 0.1) is 26.8 Å². The lowest BCUT2D eigenvalue weighted by molar-refractivity contribution is -0.121. The molecule has 0 spiro atoms. The Bertz CT molecular complexity index is 1230. The highest BCUT2D eigenvalue weighted by Crippen LogP contribution is 2.31. The fourth-order valence-electron chi connectivity index (χ4n) is 2.71. The van der Waals surface area contributed by atoms with Gasteiger partial charge in [-0.15, -0.1) is 0 Å². The normalized spacial score (nSPS) is 11.1. The zero-order valence-corrected chi connectivity index (χ0v) is 16.2. The van der Waals surface area contributed by atoms with Crippen molar-refractivity contribution in [2.75, 3.05) is 11.9 Å². The summed E-state index contributed by atoms with van der Waals surface area (Å²) in [7, 11) is 1.85. The summed E-state index contributed by atoms with van der Waals surface area (Å²) in [4.78, 5) is 31.8. The highest BCUT2D eigenvalue weighted by molar-refractivity contribution is 7.22. The molecule has 0 saturated heterocycles. The second-order valence-electron chi connectivity index (χ2n) is 6.00. The van der Waals surface area contributed by atoms with Gasteiger partial charge >= 0.3 is 5.97 Å². The van der Waals surface area contributed by atoms with Crippen LogP contribution in [0.4, 0.5) is 11.1 Å². The quantitative estimate of drug-likeness (QED) is 0.484. The zero-order chi connectivity index (χ0) is 19.8. The minimum absolute atomic E-state index is 0.285. The number of aromatic nitrogens is 3. The number of rotatable bonds is 5. The molecule has 8 nitrogen and oxygen atoms in total. The van der Waals surface area contributed by atoms with Gasteiger partial charge in [0.25, 0.3) is 5.91 Å². The molecular formula is C18H14ClN5O3S. The standard InChI is InChI=1S/C18H14ClN5O3S/c1-24-13-5-2-9(16(26)27-8-15(20)25)6-12(13)21-17(24)23-18-22-11-4-3-10(19)7-14(11)28-18/h2-7H,8H2,1H3,(H2,20,25)(H,21,22,23). The average Bonchev–Trinajstić information content (AvgIpc) is 3.19. The molecule has 2 aromatic carbocycles. The number of hydrogen-bond acceptors (Lipinski definition) is 7. The van der Waals surface area contributed by atoms with Crippen LogP contribution < -0.4 is 11.1 Å². The number of carbonyl (C=O) groups excluding carboxylic acids is 2. The third-order valence-electron chi connectivity index (χ3n) is 4.03. The Morgan fingerprint density at radius 3 is 2.82 bits per heavy atom. The topological polar surface area (TPSA) is 112 Å². The lowest BCUT2D eigenvalue weighted by atomic mass is 10.2. The molecule has 0 saturated carbocycles. The molecule has 4 aromatic rings. The minimum Gasteiger partial charge on any atom is -0.452 e. The summed E-state index contributed by atoms with van der Waals surface area (Å²) >= 11 is 7.49. The van der Waals surface area contributed by atoms with Crippen LogP contribution in [0.1, 0.15) is 10.4 Å². The number of carbonyl (C=O) groups is 2. The summed E-state index contributed by atoms with van der Waals surface area (Å²) in [6, 6.07) is 10.5. The van der Waals surface area contributed by atoms with Gasteiger partial charge in [0.15, 0.2) is 11.7 Å². The van der Waals surface area contributed by atoms with Crippen LogP contribution >= 0.6 is 22.9 Å². The largest absolute Gasteiger partial charge is 0.452 e. The summed E-state index contributed by atoms with van der Waals surface area (Å²) in [5.41, 5.74) is 7.54. The van der Waals surface area contributed by atoms with E-state index in [1.165, 1.54) is 11.3 Å². The Balaban J connectivity index is 1.62. The van der Waals surface area contributed by atoms with Crippen LogP contribution in [0.5, 0.6) is 0 Å². The fourth-order valence-corrected chi connectivity index (χ4v) is 3.84. The van der Waals surface area contributed by atoms with E-state index in [2.05, 4.69) is 15.3 Å². The molecule has 0 aliphatic heterocycles. The van der Waals surface area contributed by atoms with E-state index in [0.717, 1.165) is 15.7 Å². The molecule has 0 radical (unpaired) electrons. The molecule has 2 aromatic heterocycles. The number of amides is 1. The number of benzene rings is 2. The van der Waals surface area contributed by atoms with Gasteiger partial charge in [-0.3, -0.25) is 4.79 Å². The molecule has 28 heavy (non-hydrogen) atoms. The van der Waals surface area contributed by atoms with E-state index < -0.39 is 18.5 Å². The van der Waals surface area contributed by atoms with Crippen molar-refractivity contribution in [1.82, 2.24) is 14.5 Å². The van der Waals surface area contributed by atoms with Crippen molar-refractivity contribution in [1.29, 1.82) is 0 Å². The minimum atomic E-state index is -0.712. The van der Waals surface area contributed by atoms with Gasteiger partial charge in [0, 0.05) is 12.1 Å². The van der Waals surface area contributed by atoms with Crippen molar-refractivity contribution in [3.05, 3.63) is 47.0 Å². The number of thiazole rings is 1. The van der Waals surface area contributed by atoms with E-state index in [-0.39, 0.29) is 5.56 Å². The van der Waals surface area contributed by atoms with Crippen molar-refractivity contribution in [3.63, 3.8) is 0 Å². The highest BCUT2D eigenvalue weighted by Gasteiger charge is 2.14. The number of halogens is 1. The molecule has 0 atom stereocenters. The van der Waals surface area contributed by atoms with Gasteiger partial charge in [0.1, 0.15) is 0 Å². The number of nitrogens with zero attached hydrogens (tertiary/aromatic N) is 3. The van der Waals surface area contributed by atoms with E-state index in [1.54, 1.807) is 24.3 Å². The molecule has 4 rings (SSSR count). The van der Waals surface area contributed by atoms with Crippen LogP contribution in [0.3, 0.4) is 0 Å². The molecule has 0 bridgehead atoms. The molecule has 10 heteroatoms. The summed E-state index contributed by atoms with van der Waals surface area (Å²) in [5, 5.41) is 4.53. The SMILES string of the molecule is Cn1c(Nc2nc3ccc(Cl)cc3s2)nc2cc(C(=O)OCC(N)=O)ccc21. The van der Waals surface area contributed by atoms with Crippen molar-refractivity contribution in [2.45, 2.75) is 0 Å². The second-order valence-corrected chi connectivity index (χ2v) is 7.46. The number of anilines is 2. The van der Waals surface area contributed by atoms with Crippen molar-refractivity contribution in [2.24, 2.45) is 12.8 Å². The van der Waals surface area contributed by atoms with Crippen LogP contribution in [0.15, 0.2) is 36.4 Å². The van der Waals surface area contributed by atoms with Gasteiger partial charge in [-0.05, 0) is 36.4 Å². The maximum Gasteiger partial charge on any atom is 0.338 e. The predicted octanol–water partition coefficient (Wildman–Crippen LogP) is 3.22. The third kappa shape index (κ3) is 3.49. The number of esters is 1. The fraction of sp³-hybridized carbons (Fsp3) is 0.111. The van der Waals surface area contributed by atoms with Gasteiger partial charge < -0.3 is 20.4 Å². The lowest BCUT2D eigenvalue weighted by Gasteiger charge is -2.03. The van der Waals surface area contributed by atoms with Gasteiger partial charge in [-0.1, -0.05) is 22.9 Å². The first-order valence-electron chi connectivity index (χ1n) is 8.16. The number of primary amides is 1. The van der Waals surface area contributed by atoms with Crippen molar-refractivity contribution in [3.8, 4) is 0 Å². The number of fused-ring (bicyclic) bond motifs is 2. The number of aryl methyl sites for hydroxylation is 1. The first-order valence-corrected chi connectivity index (χ1v) is 9.35. The van der Waals surface area contributed by atoms with Crippen LogP contribution in [0.2, 0.25) is 5.02 Å². The Morgan fingerprint density at radius 1 is 1.21 bits per heavy atom. The van der Waals surface area contributed by atoms with Crippen LogP contribution in [-0.4, -0.2) is 33.0 Å². The first-order chi connectivity index (χ1) is 13.4. The number of hydrogen-bond donors (Lipinski definition) is 2. The molecule has 142 valence electrons. The predicted molar refractivity (Wildman–Crippen MR) is 108 cm³/mol. The average molecular weight is 416 g/mol. The maximum absolute atomic E-state index is 12.0. The maximum atomic E-state index is 12.0. The van der Waals surface area contributed by atoms with Crippen molar-refractivity contribution >= 4 is 67.1 Å². The molecule has 1 amide bonds. The van der Waals surface area contributed by atoms with Gasteiger partial charge in [-0.2, -0.15) is 0 Å². The summed E-state index contributed by atoms with van der Waals surface area (Å²) in [6.07, 6.45) is 0. The highest BCUT2D eigenvalue weighted by atomic mass is 35.5. The molecule has 0 unspecified atom stereocenters.